The predicted molar refractivity (Wildman–Crippen MR) is 246 cm³/mol. The fraction of sp³-hybridized carbons (Fsp3) is 0.654. The van der Waals surface area contributed by atoms with E-state index in [2.05, 4.69) is 66.8 Å². The molecule has 0 spiro atoms. The van der Waals surface area contributed by atoms with Gasteiger partial charge in [-0.15, -0.1) is 0 Å². The van der Waals surface area contributed by atoms with Gasteiger partial charge in [0.15, 0.2) is 0 Å². The molecule has 308 valence electrons. The Kier molecular flexibility index (Phi) is 20.5. The number of aromatic nitrogens is 2. The first-order valence-electron chi connectivity index (χ1n) is 23.8. The van der Waals surface area contributed by atoms with E-state index in [1.54, 1.807) is 0 Å². The Labute approximate surface area is 347 Å². The largest absolute Gasteiger partial charge is 0.392 e. The number of rotatable bonds is 32. The van der Waals surface area contributed by atoms with Gasteiger partial charge >= 0.3 is 0 Å². The number of benzene rings is 2. The second-order valence-corrected chi connectivity index (χ2v) is 18.1. The summed E-state index contributed by atoms with van der Waals surface area (Å²) < 4.78 is 9.47. The number of fused-ring (bicyclic) bond motifs is 4. The molecule has 0 atom stereocenters. The van der Waals surface area contributed by atoms with Crippen LogP contribution < -0.4 is 0 Å². The van der Waals surface area contributed by atoms with Crippen molar-refractivity contribution in [3.63, 3.8) is 0 Å². The topological polar surface area (TPSA) is 46.0 Å². The average Bonchev–Trinajstić information content (AvgIpc) is 3.85. The monoisotopic (exact) mass is 779 g/mol. The van der Waals surface area contributed by atoms with E-state index < -0.39 is 0 Å². The Bertz CT molecular complexity index is 1610. The summed E-state index contributed by atoms with van der Waals surface area (Å²) in [6.07, 6.45) is 49.0. The van der Waals surface area contributed by atoms with Crippen molar-refractivity contribution < 1.29 is 5.11 Å². The number of unbranched alkanes of at least 4 members (excludes halogenated alkanes) is 26. The zero-order valence-corrected chi connectivity index (χ0v) is 36.7. The van der Waals surface area contributed by atoms with Crippen LogP contribution in [-0.2, 0) is 6.61 Å². The summed E-state index contributed by atoms with van der Waals surface area (Å²) in [4.78, 5) is 0. The van der Waals surface area contributed by atoms with Crippen LogP contribution in [0.25, 0.3) is 28.3 Å². The average molecular weight is 779 g/mol. The van der Waals surface area contributed by atoms with E-state index in [9.17, 15) is 5.11 Å². The SMILES string of the molecule is CCCCCCCCCCCCCCCCC1(CCCCCCCCCCCCCCCC)C=C2C(=Cc3ccccc32)C(c2c(CO)ccc3nsnc23)=C1. The smallest absolute Gasteiger partial charge is 0.112 e. The Morgan fingerprint density at radius 1 is 0.500 bits per heavy atom. The number of aliphatic hydroxyl groups is 1. The zero-order valence-electron chi connectivity index (χ0n) is 35.9. The first kappa shape index (κ1) is 44.5. The van der Waals surface area contributed by atoms with Gasteiger partial charge in [-0.2, -0.15) is 8.75 Å². The molecular formula is C52H78N2OS. The molecule has 0 unspecified atom stereocenters. The van der Waals surface area contributed by atoms with Gasteiger partial charge in [0.05, 0.1) is 18.3 Å². The van der Waals surface area contributed by atoms with Gasteiger partial charge in [0, 0.05) is 11.0 Å². The van der Waals surface area contributed by atoms with Gasteiger partial charge in [-0.1, -0.05) is 236 Å². The first-order valence-corrected chi connectivity index (χ1v) is 24.6. The molecule has 0 fully saturated rings. The zero-order chi connectivity index (χ0) is 39.1. The molecule has 5 rings (SSSR count). The summed E-state index contributed by atoms with van der Waals surface area (Å²) in [5, 5.41) is 10.7. The van der Waals surface area contributed by atoms with E-state index in [0.29, 0.717) is 0 Å². The summed E-state index contributed by atoms with van der Waals surface area (Å²) in [5.41, 5.74) is 10.5. The maximum absolute atomic E-state index is 10.7. The Morgan fingerprint density at radius 3 is 1.46 bits per heavy atom. The van der Waals surface area contributed by atoms with Crippen molar-refractivity contribution in [1.82, 2.24) is 8.75 Å². The third kappa shape index (κ3) is 13.8. The van der Waals surface area contributed by atoms with Crippen LogP contribution in [0, 0.1) is 5.41 Å². The van der Waals surface area contributed by atoms with Crippen LogP contribution in [0.4, 0.5) is 0 Å². The lowest BCUT2D eigenvalue weighted by Crippen LogP contribution is -2.21. The molecule has 2 aromatic carbocycles. The molecule has 56 heavy (non-hydrogen) atoms. The third-order valence-corrected chi connectivity index (χ3v) is 13.5. The van der Waals surface area contributed by atoms with Crippen LogP contribution in [0.1, 0.15) is 229 Å². The molecule has 3 nitrogen and oxygen atoms in total. The summed E-state index contributed by atoms with van der Waals surface area (Å²) in [7, 11) is 0. The van der Waals surface area contributed by atoms with Crippen molar-refractivity contribution in [2.75, 3.05) is 0 Å². The van der Waals surface area contributed by atoms with Crippen molar-refractivity contribution >= 4 is 40.0 Å². The molecule has 0 radical (unpaired) electrons. The molecule has 0 aliphatic heterocycles. The number of nitrogens with zero attached hydrogens (tertiary/aromatic N) is 2. The van der Waals surface area contributed by atoms with Crippen molar-refractivity contribution in [2.24, 2.45) is 5.41 Å². The summed E-state index contributed by atoms with van der Waals surface area (Å²) in [6.45, 7) is 4.61. The first-order chi connectivity index (χ1) is 27.7. The lowest BCUT2D eigenvalue weighted by atomic mass is 9.69. The summed E-state index contributed by atoms with van der Waals surface area (Å²) >= 11 is 1.28. The Morgan fingerprint density at radius 2 is 0.964 bits per heavy atom. The van der Waals surface area contributed by atoms with Crippen LogP contribution in [0.2, 0.25) is 0 Å². The van der Waals surface area contributed by atoms with Gasteiger partial charge in [-0.25, -0.2) is 0 Å². The minimum atomic E-state index is -0.00788. The van der Waals surface area contributed by atoms with Crippen LogP contribution >= 0.6 is 11.7 Å². The lowest BCUT2D eigenvalue weighted by Gasteiger charge is -2.35. The molecule has 1 heterocycles. The van der Waals surface area contributed by atoms with Crippen LogP contribution in [0.5, 0.6) is 0 Å². The fourth-order valence-electron chi connectivity index (χ4n) is 9.56. The van der Waals surface area contributed by atoms with Gasteiger partial charge in [-0.3, -0.25) is 0 Å². The van der Waals surface area contributed by atoms with Gasteiger partial charge < -0.3 is 5.11 Å². The van der Waals surface area contributed by atoms with E-state index in [1.807, 2.05) is 6.07 Å². The molecule has 0 saturated carbocycles. The number of hydrogen-bond acceptors (Lipinski definition) is 4. The van der Waals surface area contributed by atoms with E-state index in [4.69, 9.17) is 4.37 Å². The van der Waals surface area contributed by atoms with Crippen LogP contribution in [0.15, 0.2) is 54.1 Å². The molecule has 0 saturated heterocycles. The molecule has 3 aromatic rings. The fourth-order valence-corrected chi connectivity index (χ4v) is 10.1. The maximum Gasteiger partial charge on any atom is 0.112 e. The lowest BCUT2D eigenvalue weighted by molar-refractivity contribution is 0.281. The molecule has 1 aromatic heterocycles. The highest BCUT2D eigenvalue weighted by Gasteiger charge is 2.36. The van der Waals surface area contributed by atoms with E-state index >= 15 is 0 Å². The van der Waals surface area contributed by atoms with Crippen molar-refractivity contribution in [3.05, 3.63) is 76.4 Å². The quantitative estimate of drug-likeness (QED) is 0.0642. The van der Waals surface area contributed by atoms with Crippen molar-refractivity contribution in [3.8, 4) is 0 Å². The highest BCUT2D eigenvalue weighted by molar-refractivity contribution is 7.00. The molecule has 2 aliphatic carbocycles. The highest BCUT2D eigenvalue weighted by Crippen LogP contribution is 2.53. The molecular weight excluding hydrogens is 701 g/mol. The molecule has 2 aliphatic rings. The summed E-state index contributed by atoms with van der Waals surface area (Å²) in [6, 6.07) is 13.0. The van der Waals surface area contributed by atoms with Crippen molar-refractivity contribution in [2.45, 2.75) is 213 Å². The van der Waals surface area contributed by atoms with Gasteiger partial charge in [0.25, 0.3) is 0 Å². The maximum atomic E-state index is 10.7. The van der Waals surface area contributed by atoms with Gasteiger partial charge in [-0.05, 0) is 58.4 Å². The minimum Gasteiger partial charge on any atom is -0.392 e. The second-order valence-electron chi connectivity index (χ2n) is 17.6. The molecule has 4 heteroatoms. The van der Waals surface area contributed by atoms with Gasteiger partial charge in [0.1, 0.15) is 11.0 Å². The Balaban J connectivity index is 1.20. The summed E-state index contributed by atoms with van der Waals surface area (Å²) in [5.74, 6) is 0. The molecule has 1 N–H and O–H groups in total. The van der Waals surface area contributed by atoms with E-state index in [-0.39, 0.29) is 12.0 Å². The van der Waals surface area contributed by atoms with E-state index in [0.717, 1.165) is 22.2 Å². The standard InChI is InChI=1S/C52H78N2OS/c1-3-5-7-9-11-13-15-17-19-21-23-25-27-31-37-52(38-32-28-26-24-22-20-18-16-14-12-10-8-6-4-2)40-47-45-34-30-29-33-43(45)39-46(47)48(41-52)50-44(42-55)35-36-49-51(50)54-56-53-49/h29-30,33-36,39-41,55H,3-28,31-32,37-38,42H2,1-2H3. The number of allylic oxidation sites excluding steroid dienone is 5. The predicted octanol–water partition coefficient (Wildman–Crippen LogP) is 16.8. The van der Waals surface area contributed by atoms with Crippen molar-refractivity contribution in [1.29, 1.82) is 0 Å². The van der Waals surface area contributed by atoms with E-state index in [1.165, 1.54) is 232 Å². The molecule has 0 bridgehead atoms. The minimum absolute atomic E-state index is 0.00430. The number of aliphatic hydroxyl groups excluding tert-OH is 1. The third-order valence-electron chi connectivity index (χ3n) is 12.9. The Hall–Kier alpha value is -2.56. The normalized spacial score (nSPS) is 14.5. The highest BCUT2D eigenvalue weighted by atomic mass is 32.1. The number of hydrogen-bond donors (Lipinski definition) is 1. The molecule has 0 amide bonds. The van der Waals surface area contributed by atoms with Crippen LogP contribution in [0.3, 0.4) is 0 Å². The van der Waals surface area contributed by atoms with Crippen LogP contribution in [-0.4, -0.2) is 13.9 Å². The van der Waals surface area contributed by atoms with Gasteiger partial charge in [0.2, 0.25) is 0 Å². The second kappa shape index (κ2) is 25.7.